The highest BCUT2D eigenvalue weighted by molar-refractivity contribution is 14.0. The van der Waals surface area contributed by atoms with Crippen molar-refractivity contribution in [1.29, 1.82) is 0 Å². The van der Waals surface area contributed by atoms with Crippen LogP contribution in [-0.4, -0.2) is 18.5 Å². The van der Waals surface area contributed by atoms with Gasteiger partial charge in [0, 0.05) is 6.04 Å². The Morgan fingerprint density at radius 3 is 2.76 bits per heavy atom. The molecule has 0 amide bonds. The zero-order valence-corrected chi connectivity index (χ0v) is 12.6. The molecule has 0 bridgehead atoms. The van der Waals surface area contributed by atoms with E-state index in [0.717, 1.165) is 18.9 Å². The van der Waals surface area contributed by atoms with E-state index in [1.807, 2.05) is 6.07 Å². The molecular formula is C13H20IN3. The van der Waals surface area contributed by atoms with Crippen molar-refractivity contribution in [2.45, 2.75) is 32.4 Å². The molecule has 1 aliphatic rings. The lowest BCUT2D eigenvalue weighted by atomic mass is 10.1. The first-order chi connectivity index (χ1) is 7.79. The molecule has 1 unspecified atom stereocenters. The fourth-order valence-electron chi connectivity index (χ4n) is 1.74. The molecule has 1 heterocycles. The van der Waals surface area contributed by atoms with Crippen molar-refractivity contribution < 1.29 is 0 Å². The molecule has 2 N–H and O–H groups in total. The number of benzene rings is 1. The number of nitrogens with one attached hydrogen (secondary N) is 2. The van der Waals surface area contributed by atoms with Crippen molar-refractivity contribution in [1.82, 2.24) is 10.6 Å². The molecule has 0 radical (unpaired) electrons. The Hall–Kier alpha value is -0.780. The van der Waals surface area contributed by atoms with Gasteiger partial charge in [-0.25, -0.2) is 0 Å². The van der Waals surface area contributed by atoms with Gasteiger partial charge in [0.1, 0.15) is 0 Å². The molecule has 0 fully saturated rings. The van der Waals surface area contributed by atoms with Crippen LogP contribution in [0.5, 0.6) is 0 Å². The molecule has 0 aromatic heterocycles. The van der Waals surface area contributed by atoms with E-state index in [0.29, 0.717) is 12.1 Å². The van der Waals surface area contributed by atoms with Gasteiger partial charge >= 0.3 is 0 Å². The van der Waals surface area contributed by atoms with E-state index >= 15 is 0 Å². The van der Waals surface area contributed by atoms with Crippen LogP contribution < -0.4 is 10.6 Å². The maximum Gasteiger partial charge on any atom is 0.192 e. The molecule has 1 aromatic carbocycles. The third-order valence-electron chi connectivity index (χ3n) is 2.94. The molecule has 1 aromatic rings. The Balaban J connectivity index is 0.00000144. The average molecular weight is 345 g/mol. The maximum atomic E-state index is 4.48. The van der Waals surface area contributed by atoms with Gasteiger partial charge in [0.15, 0.2) is 5.96 Å². The lowest BCUT2D eigenvalue weighted by Gasteiger charge is -2.16. The van der Waals surface area contributed by atoms with Gasteiger partial charge in [0.2, 0.25) is 0 Å². The van der Waals surface area contributed by atoms with Crippen molar-refractivity contribution in [3.8, 4) is 0 Å². The highest BCUT2D eigenvalue weighted by Crippen LogP contribution is 2.16. The number of rotatable bonds is 3. The molecule has 0 saturated heterocycles. The number of hydrogen-bond donors (Lipinski definition) is 2. The number of guanidine groups is 1. The van der Waals surface area contributed by atoms with Crippen molar-refractivity contribution in [2.75, 3.05) is 6.54 Å². The van der Waals surface area contributed by atoms with Gasteiger partial charge in [0.25, 0.3) is 0 Å². The quantitative estimate of drug-likeness (QED) is 0.827. The second-order valence-electron chi connectivity index (χ2n) is 4.25. The van der Waals surface area contributed by atoms with Crippen LogP contribution in [0.1, 0.15) is 31.9 Å². The predicted octanol–water partition coefficient (Wildman–Crippen LogP) is 2.69. The third kappa shape index (κ3) is 3.87. The summed E-state index contributed by atoms with van der Waals surface area (Å²) in [5.41, 5.74) is 1.30. The first-order valence-electron chi connectivity index (χ1n) is 5.92. The van der Waals surface area contributed by atoms with Gasteiger partial charge in [-0.2, -0.15) is 0 Å². The van der Waals surface area contributed by atoms with Gasteiger partial charge in [-0.15, -0.1) is 24.0 Å². The molecule has 2 atom stereocenters. The minimum absolute atomic E-state index is 0. The van der Waals surface area contributed by atoms with Crippen molar-refractivity contribution in [2.24, 2.45) is 4.99 Å². The number of halogens is 1. The molecular weight excluding hydrogens is 325 g/mol. The van der Waals surface area contributed by atoms with Crippen LogP contribution in [0.25, 0.3) is 0 Å². The van der Waals surface area contributed by atoms with E-state index in [4.69, 9.17) is 0 Å². The lowest BCUT2D eigenvalue weighted by molar-refractivity contribution is 0.621. The Morgan fingerprint density at radius 2 is 2.12 bits per heavy atom. The molecule has 2 rings (SSSR count). The monoisotopic (exact) mass is 345 g/mol. The third-order valence-corrected chi connectivity index (χ3v) is 2.94. The Kier molecular flexibility index (Phi) is 5.74. The molecule has 0 saturated carbocycles. The Bertz CT molecular complexity index is 364. The van der Waals surface area contributed by atoms with E-state index in [9.17, 15) is 0 Å². The second-order valence-corrected chi connectivity index (χ2v) is 4.25. The normalized spacial score (nSPS) is 19.9. The van der Waals surface area contributed by atoms with Crippen molar-refractivity contribution in [3.05, 3.63) is 35.9 Å². The van der Waals surface area contributed by atoms with E-state index in [1.165, 1.54) is 5.56 Å². The Morgan fingerprint density at radius 1 is 1.41 bits per heavy atom. The summed E-state index contributed by atoms with van der Waals surface area (Å²) in [6, 6.07) is 11.2. The van der Waals surface area contributed by atoms with E-state index in [1.54, 1.807) is 0 Å². The van der Waals surface area contributed by atoms with Crippen LogP contribution in [0.15, 0.2) is 35.3 Å². The van der Waals surface area contributed by atoms with Gasteiger partial charge in [-0.05, 0) is 18.9 Å². The number of aliphatic imine (C=N–C) groups is 1. The molecule has 94 valence electrons. The first-order valence-corrected chi connectivity index (χ1v) is 5.92. The van der Waals surface area contributed by atoms with E-state index < -0.39 is 0 Å². The topological polar surface area (TPSA) is 36.4 Å². The van der Waals surface area contributed by atoms with E-state index in [2.05, 4.69) is 53.7 Å². The smallest absolute Gasteiger partial charge is 0.192 e. The summed E-state index contributed by atoms with van der Waals surface area (Å²) in [5.74, 6) is 0.934. The van der Waals surface area contributed by atoms with Crippen LogP contribution in [0.4, 0.5) is 0 Å². The predicted molar refractivity (Wildman–Crippen MR) is 82.9 cm³/mol. The molecule has 1 aliphatic heterocycles. The van der Waals surface area contributed by atoms with Crippen LogP contribution in [-0.2, 0) is 0 Å². The fraction of sp³-hybridized carbons (Fsp3) is 0.462. The zero-order valence-electron chi connectivity index (χ0n) is 10.3. The summed E-state index contributed by atoms with van der Waals surface area (Å²) < 4.78 is 0. The summed E-state index contributed by atoms with van der Waals surface area (Å²) in [7, 11) is 0. The molecule has 0 spiro atoms. The summed E-state index contributed by atoms with van der Waals surface area (Å²) in [4.78, 5) is 4.48. The SMILES string of the molecule is CC[C@@H](C)NC1=NCC(c2ccccc2)N1.I. The highest BCUT2D eigenvalue weighted by atomic mass is 127. The molecule has 4 heteroatoms. The molecule has 17 heavy (non-hydrogen) atoms. The lowest BCUT2D eigenvalue weighted by Crippen LogP contribution is -2.40. The standard InChI is InChI=1S/C13H19N3.HI/c1-3-10(2)15-13-14-9-12(16-13)11-7-5-4-6-8-11;/h4-8,10,12H,3,9H2,1-2H3,(H2,14,15,16);1H/t10-,12?;/m1./s1. The summed E-state index contributed by atoms with van der Waals surface area (Å²) in [6.07, 6.45) is 1.11. The van der Waals surface area contributed by atoms with Crippen molar-refractivity contribution in [3.63, 3.8) is 0 Å². The first kappa shape index (κ1) is 14.3. The largest absolute Gasteiger partial charge is 0.354 e. The summed E-state index contributed by atoms with van der Waals surface area (Å²) in [5, 5.41) is 6.78. The minimum Gasteiger partial charge on any atom is -0.354 e. The summed E-state index contributed by atoms with van der Waals surface area (Å²) >= 11 is 0. The zero-order chi connectivity index (χ0) is 11.4. The average Bonchev–Trinajstić information content (AvgIpc) is 2.78. The van der Waals surface area contributed by atoms with Gasteiger partial charge < -0.3 is 10.6 Å². The van der Waals surface area contributed by atoms with Crippen molar-refractivity contribution >= 4 is 29.9 Å². The number of nitrogens with zero attached hydrogens (tertiary/aromatic N) is 1. The van der Waals surface area contributed by atoms with Crippen LogP contribution in [0.3, 0.4) is 0 Å². The van der Waals surface area contributed by atoms with Gasteiger partial charge in [-0.1, -0.05) is 37.3 Å². The minimum atomic E-state index is 0. The number of hydrogen-bond acceptors (Lipinski definition) is 3. The highest BCUT2D eigenvalue weighted by Gasteiger charge is 2.19. The fourth-order valence-corrected chi connectivity index (χ4v) is 1.74. The van der Waals surface area contributed by atoms with Gasteiger partial charge in [0.05, 0.1) is 12.6 Å². The molecule has 3 nitrogen and oxygen atoms in total. The van der Waals surface area contributed by atoms with Crippen LogP contribution in [0.2, 0.25) is 0 Å². The summed E-state index contributed by atoms with van der Waals surface area (Å²) in [6.45, 7) is 5.16. The second kappa shape index (κ2) is 6.83. The maximum absolute atomic E-state index is 4.48. The Labute approximate surface area is 120 Å². The van der Waals surface area contributed by atoms with Crippen LogP contribution in [0, 0.1) is 0 Å². The van der Waals surface area contributed by atoms with Crippen LogP contribution >= 0.6 is 24.0 Å². The van der Waals surface area contributed by atoms with Gasteiger partial charge in [-0.3, -0.25) is 4.99 Å². The molecule has 0 aliphatic carbocycles. The van der Waals surface area contributed by atoms with E-state index in [-0.39, 0.29) is 24.0 Å².